The summed E-state index contributed by atoms with van der Waals surface area (Å²) in [6.45, 7) is 5.10. The first-order chi connectivity index (χ1) is 2.81. The maximum Gasteiger partial charge on any atom is 0.0425 e. The predicted molar refractivity (Wildman–Crippen MR) is 32.3 cm³/mol. The van der Waals surface area contributed by atoms with Gasteiger partial charge >= 0.3 is 0 Å². The van der Waals surface area contributed by atoms with Gasteiger partial charge in [-0.3, -0.25) is 4.99 Å². The van der Waals surface area contributed by atoms with Crippen molar-refractivity contribution >= 4 is 19.3 Å². The Balaban J connectivity index is 3.50. The van der Waals surface area contributed by atoms with E-state index in [0.717, 1.165) is 5.70 Å². The standard InChI is InChI=1S/C4H7NS/c1-4(3-6)5-2/h3,6H,2H2,1H3/b4-3-. The van der Waals surface area contributed by atoms with E-state index in [1.54, 1.807) is 5.41 Å². The van der Waals surface area contributed by atoms with Gasteiger partial charge in [0.15, 0.2) is 0 Å². The number of hydrogen-bond acceptors (Lipinski definition) is 2. The monoisotopic (exact) mass is 101 g/mol. The van der Waals surface area contributed by atoms with Crippen LogP contribution in [0.2, 0.25) is 0 Å². The molecule has 0 N–H and O–H groups in total. The summed E-state index contributed by atoms with van der Waals surface area (Å²) in [6.07, 6.45) is 0. The Labute approximate surface area is 43.2 Å². The lowest BCUT2D eigenvalue weighted by Crippen LogP contribution is -1.56. The van der Waals surface area contributed by atoms with E-state index < -0.39 is 0 Å². The summed E-state index contributed by atoms with van der Waals surface area (Å²) in [7, 11) is 0. The molecule has 0 amide bonds. The molecule has 0 aliphatic heterocycles. The number of thiol groups is 1. The molecule has 1 nitrogen and oxygen atoms in total. The van der Waals surface area contributed by atoms with Gasteiger partial charge in [0.05, 0.1) is 0 Å². The van der Waals surface area contributed by atoms with Gasteiger partial charge in [-0.05, 0) is 19.0 Å². The highest BCUT2D eigenvalue weighted by Crippen LogP contribution is 1.91. The zero-order valence-electron chi connectivity index (χ0n) is 3.68. The molecule has 0 aromatic heterocycles. The van der Waals surface area contributed by atoms with Crippen LogP contribution in [-0.2, 0) is 0 Å². The lowest BCUT2D eigenvalue weighted by atomic mass is 10.6. The van der Waals surface area contributed by atoms with Crippen LogP contribution in [0.25, 0.3) is 0 Å². The fourth-order valence-corrected chi connectivity index (χ4v) is 0.122. The van der Waals surface area contributed by atoms with Gasteiger partial charge in [-0.15, -0.1) is 12.6 Å². The Kier molecular flexibility index (Phi) is 2.85. The van der Waals surface area contributed by atoms with Crippen LogP contribution in [0.4, 0.5) is 0 Å². The number of rotatable bonds is 1. The van der Waals surface area contributed by atoms with E-state index in [1.165, 1.54) is 0 Å². The van der Waals surface area contributed by atoms with Gasteiger partial charge in [-0.25, -0.2) is 0 Å². The SMILES string of the molecule is C=N/C(C)=C\S. The van der Waals surface area contributed by atoms with Crippen LogP contribution in [0.5, 0.6) is 0 Å². The zero-order chi connectivity index (χ0) is 4.99. The Morgan fingerprint density at radius 2 is 2.50 bits per heavy atom. The van der Waals surface area contributed by atoms with Crippen molar-refractivity contribution in [2.75, 3.05) is 0 Å². The molecule has 0 fully saturated rings. The summed E-state index contributed by atoms with van der Waals surface area (Å²) in [5, 5.41) is 1.60. The molecule has 34 valence electrons. The molecule has 0 radical (unpaired) electrons. The molecule has 0 unspecified atom stereocenters. The van der Waals surface area contributed by atoms with Gasteiger partial charge in [0.1, 0.15) is 0 Å². The van der Waals surface area contributed by atoms with E-state index in [-0.39, 0.29) is 0 Å². The van der Waals surface area contributed by atoms with E-state index in [9.17, 15) is 0 Å². The first kappa shape index (κ1) is 5.76. The van der Waals surface area contributed by atoms with Crippen molar-refractivity contribution in [2.45, 2.75) is 6.92 Å². The molecule has 0 saturated heterocycles. The topological polar surface area (TPSA) is 12.4 Å². The normalized spacial score (nSPS) is 11.3. The minimum atomic E-state index is 0.846. The van der Waals surface area contributed by atoms with Crippen molar-refractivity contribution in [3.05, 3.63) is 11.1 Å². The summed E-state index contributed by atoms with van der Waals surface area (Å²) in [5.41, 5.74) is 0.846. The number of aliphatic imine (C=N–C) groups is 1. The van der Waals surface area contributed by atoms with Crippen molar-refractivity contribution < 1.29 is 0 Å². The van der Waals surface area contributed by atoms with Crippen molar-refractivity contribution in [3.63, 3.8) is 0 Å². The molecule has 0 aliphatic carbocycles. The molecule has 0 atom stereocenters. The molecule has 2 heteroatoms. The van der Waals surface area contributed by atoms with E-state index in [2.05, 4.69) is 24.3 Å². The van der Waals surface area contributed by atoms with Crippen LogP contribution in [0.15, 0.2) is 16.1 Å². The fraction of sp³-hybridized carbons (Fsp3) is 0.250. The van der Waals surface area contributed by atoms with Crippen molar-refractivity contribution in [1.29, 1.82) is 0 Å². The molecular weight excluding hydrogens is 94.1 g/mol. The Hall–Kier alpha value is -0.240. The molecule has 0 spiro atoms. The largest absolute Gasteiger partial charge is 0.269 e. The molecule has 0 aromatic rings. The molecule has 0 aromatic carbocycles. The van der Waals surface area contributed by atoms with Crippen LogP contribution >= 0.6 is 12.6 Å². The van der Waals surface area contributed by atoms with E-state index in [4.69, 9.17) is 0 Å². The summed E-state index contributed by atoms with van der Waals surface area (Å²) >= 11 is 3.80. The molecule has 6 heavy (non-hydrogen) atoms. The van der Waals surface area contributed by atoms with Crippen molar-refractivity contribution in [3.8, 4) is 0 Å². The highest BCUT2D eigenvalue weighted by molar-refractivity contribution is 7.83. The van der Waals surface area contributed by atoms with E-state index in [1.807, 2.05) is 6.92 Å². The molecule has 0 rings (SSSR count). The van der Waals surface area contributed by atoms with Gasteiger partial charge in [0.2, 0.25) is 0 Å². The highest BCUT2D eigenvalue weighted by atomic mass is 32.1. The molecular formula is C4H7NS. The summed E-state index contributed by atoms with van der Waals surface area (Å²) in [4.78, 5) is 3.54. The second kappa shape index (κ2) is 2.97. The van der Waals surface area contributed by atoms with Gasteiger partial charge in [-0.2, -0.15) is 0 Å². The second-order valence-corrected chi connectivity index (χ2v) is 1.19. The summed E-state index contributed by atoms with van der Waals surface area (Å²) in [6, 6.07) is 0. The Morgan fingerprint density at radius 1 is 2.00 bits per heavy atom. The molecule has 0 heterocycles. The van der Waals surface area contributed by atoms with Crippen LogP contribution in [0.3, 0.4) is 0 Å². The minimum absolute atomic E-state index is 0.846. The smallest absolute Gasteiger partial charge is 0.0425 e. The number of nitrogens with zero attached hydrogens (tertiary/aromatic N) is 1. The fourth-order valence-electron chi connectivity index (χ4n) is 0.0408. The minimum Gasteiger partial charge on any atom is -0.269 e. The molecule has 0 aliphatic rings. The first-order valence-electron chi connectivity index (χ1n) is 1.59. The third kappa shape index (κ3) is 2.03. The lowest BCUT2D eigenvalue weighted by molar-refractivity contribution is 1.35. The number of allylic oxidation sites excluding steroid dienone is 1. The Morgan fingerprint density at radius 3 is 2.50 bits per heavy atom. The first-order valence-corrected chi connectivity index (χ1v) is 2.10. The predicted octanol–water partition coefficient (Wildman–Crippen LogP) is 1.48. The van der Waals surface area contributed by atoms with Gasteiger partial charge in [-0.1, -0.05) is 0 Å². The Bertz CT molecular complexity index is 75.6. The lowest BCUT2D eigenvalue weighted by Gasteiger charge is -1.78. The van der Waals surface area contributed by atoms with Crippen molar-refractivity contribution in [1.82, 2.24) is 0 Å². The van der Waals surface area contributed by atoms with E-state index in [0.29, 0.717) is 0 Å². The highest BCUT2D eigenvalue weighted by Gasteiger charge is 1.68. The quantitative estimate of drug-likeness (QED) is 0.379. The second-order valence-electron chi connectivity index (χ2n) is 0.929. The molecule has 0 saturated carbocycles. The maximum atomic E-state index is 3.80. The van der Waals surface area contributed by atoms with Gasteiger partial charge in [0, 0.05) is 5.70 Å². The number of hydrogen-bond donors (Lipinski definition) is 1. The maximum absolute atomic E-state index is 3.80. The summed E-state index contributed by atoms with van der Waals surface area (Å²) in [5.74, 6) is 0. The third-order valence-electron chi connectivity index (χ3n) is 0.436. The third-order valence-corrected chi connectivity index (χ3v) is 0.810. The average Bonchev–Trinajstić information content (AvgIpc) is 1.65. The van der Waals surface area contributed by atoms with Gasteiger partial charge in [0.25, 0.3) is 0 Å². The average molecular weight is 101 g/mol. The van der Waals surface area contributed by atoms with E-state index >= 15 is 0 Å². The van der Waals surface area contributed by atoms with Crippen LogP contribution in [0.1, 0.15) is 6.92 Å². The zero-order valence-corrected chi connectivity index (χ0v) is 4.57. The van der Waals surface area contributed by atoms with Gasteiger partial charge < -0.3 is 0 Å². The van der Waals surface area contributed by atoms with Crippen LogP contribution < -0.4 is 0 Å². The van der Waals surface area contributed by atoms with Crippen molar-refractivity contribution in [2.24, 2.45) is 4.99 Å². The van der Waals surface area contributed by atoms with Crippen LogP contribution in [-0.4, -0.2) is 6.72 Å². The summed E-state index contributed by atoms with van der Waals surface area (Å²) < 4.78 is 0. The molecule has 0 bridgehead atoms. The van der Waals surface area contributed by atoms with Crippen LogP contribution in [0, 0.1) is 0 Å².